The van der Waals surface area contributed by atoms with E-state index in [9.17, 15) is 9.18 Å². The molecule has 1 atom stereocenters. The number of halogens is 1. The van der Waals surface area contributed by atoms with Gasteiger partial charge in [0.15, 0.2) is 6.29 Å². The van der Waals surface area contributed by atoms with E-state index in [1.807, 2.05) is 0 Å². The fourth-order valence-electron chi connectivity index (χ4n) is 1.09. The van der Waals surface area contributed by atoms with Crippen molar-refractivity contribution in [1.29, 1.82) is 0 Å². The molecule has 1 aromatic carbocycles. The third-order valence-corrected chi connectivity index (χ3v) is 1.84. The lowest BCUT2D eigenvalue weighted by Gasteiger charge is -2.06. The van der Waals surface area contributed by atoms with Gasteiger partial charge in [-0.25, -0.2) is 4.39 Å². The van der Waals surface area contributed by atoms with Gasteiger partial charge in [0, 0.05) is 0 Å². The first kappa shape index (κ1) is 9.71. The largest absolute Gasteiger partial charge is 0.496 e. The number of rotatable bonds is 3. The van der Waals surface area contributed by atoms with Crippen LogP contribution in [0.25, 0.3) is 0 Å². The number of carbonyl (C=O) groups excluding carboxylic acids is 1. The minimum atomic E-state index is -1.07. The highest BCUT2D eigenvalue weighted by atomic mass is 19.1. The van der Waals surface area contributed by atoms with Gasteiger partial charge in [0.2, 0.25) is 0 Å². The zero-order valence-electron chi connectivity index (χ0n) is 7.58. The van der Waals surface area contributed by atoms with Crippen molar-refractivity contribution in [1.82, 2.24) is 0 Å². The Morgan fingerprint density at radius 2 is 2.23 bits per heavy atom. The lowest BCUT2D eigenvalue weighted by molar-refractivity contribution is 0.112. The molecule has 3 heteroatoms. The van der Waals surface area contributed by atoms with Gasteiger partial charge in [-0.1, -0.05) is 6.07 Å². The fraction of sp³-hybridized carbons (Fsp3) is 0.300. The van der Waals surface area contributed by atoms with Crippen LogP contribution in [0, 0.1) is 0 Å². The Labute approximate surface area is 76.3 Å². The van der Waals surface area contributed by atoms with Gasteiger partial charge in [-0.3, -0.25) is 4.79 Å². The van der Waals surface area contributed by atoms with E-state index >= 15 is 0 Å². The monoisotopic (exact) mass is 182 g/mol. The number of methoxy groups -OCH3 is 1. The molecule has 0 bridgehead atoms. The van der Waals surface area contributed by atoms with Crippen molar-refractivity contribution in [2.24, 2.45) is 0 Å². The van der Waals surface area contributed by atoms with Crippen LogP contribution < -0.4 is 4.74 Å². The van der Waals surface area contributed by atoms with Crippen LogP contribution in [0.5, 0.6) is 5.75 Å². The van der Waals surface area contributed by atoms with Gasteiger partial charge in [-0.2, -0.15) is 0 Å². The molecule has 1 unspecified atom stereocenters. The third-order valence-electron chi connectivity index (χ3n) is 1.84. The van der Waals surface area contributed by atoms with E-state index in [2.05, 4.69) is 0 Å². The lowest BCUT2D eigenvalue weighted by atomic mass is 10.1. The molecule has 13 heavy (non-hydrogen) atoms. The molecule has 0 N–H and O–H groups in total. The van der Waals surface area contributed by atoms with Crippen LogP contribution in [0.15, 0.2) is 18.2 Å². The van der Waals surface area contributed by atoms with Gasteiger partial charge in [0.25, 0.3) is 0 Å². The van der Waals surface area contributed by atoms with Crippen LogP contribution in [0.3, 0.4) is 0 Å². The topological polar surface area (TPSA) is 26.3 Å². The number of carbonyl (C=O) groups is 1. The van der Waals surface area contributed by atoms with Crippen LogP contribution in [0.2, 0.25) is 0 Å². The smallest absolute Gasteiger partial charge is 0.153 e. The summed E-state index contributed by atoms with van der Waals surface area (Å²) < 4.78 is 17.7. The lowest BCUT2D eigenvalue weighted by Crippen LogP contribution is -1.93. The van der Waals surface area contributed by atoms with Crippen molar-refractivity contribution in [3.05, 3.63) is 29.3 Å². The molecule has 0 fully saturated rings. The predicted octanol–water partition coefficient (Wildman–Crippen LogP) is 2.54. The molecule has 2 nitrogen and oxygen atoms in total. The molecular weight excluding hydrogens is 171 g/mol. The number of aldehydes is 1. The number of hydrogen-bond acceptors (Lipinski definition) is 2. The molecule has 0 radical (unpaired) electrons. The van der Waals surface area contributed by atoms with Crippen LogP contribution in [0.1, 0.15) is 29.0 Å². The maximum Gasteiger partial charge on any atom is 0.153 e. The summed E-state index contributed by atoms with van der Waals surface area (Å²) in [6.07, 6.45) is -0.408. The molecule has 0 saturated heterocycles. The van der Waals surface area contributed by atoms with Crippen LogP contribution in [-0.4, -0.2) is 13.4 Å². The van der Waals surface area contributed by atoms with Crippen LogP contribution in [-0.2, 0) is 0 Å². The quantitative estimate of drug-likeness (QED) is 0.671. The van der Waals surface area contributed by atoms with Gasteiger partial charge < -0.3 is 4.74 Å². The highest BCUT2D eigenvalue weighted by Crippen LogP contribution is 2.23. The van der Waals surface area contributed by atoms with E-state index in [4.69, 9.17) is 4.74 Å². The van der Waals surface area contributed by atoms with Crippen molar-refractivity contribution in [3.63, 3.8) is 0 Å². The SMILES string of the molecule is COc1ccc(C(C)F)cc1C=O. The Bertz CT molecular complexity index is 308. The van der Waals surface area contributed by atoms with Crippen LogP contribution in [0.4, 0.5) is 4.39 Å². The third kappa shape index (κ3) is 2.05. The highest BCUT2D eigenvalue weighted by molar-refractivity contribution is 5.79. The normalized spacial score (nSPS) is 12.2. The molecular formula is C10H11FO2. The van der Waals surface area contributed by atoms with E-state index in [1.54, 1.807) is 12.1 Å². The van der Waals surface area contributed by atoms with Gasteiger partial charge in [0.05, 0.1) is 12.7 Å². The molecule has 0 spiro atoms. The van der Waals surface area contributed by atoms with Gasteiger partial charge in [-0.15, -0.1) is 0 Å². The number of benzene rings is 1. The fourth-order valence-corrected chi connectivity index (χ4v) is 1.09. The van der Waals surface area contributed by atoms with E-state index in [0.29, 0.717) is 23.2 Å². The van der Waals surface area contributed by atoms with Crippen molar-refractivity contribution in [2.75, 3.05) is 7.11 Å². The molecule has 0 aliphatic rings. The maximum atomic E-state index is 12.8. The summed E-state index contributed by atoms with van der Waals surface area (Å²) in [6, 6.07) is 4.70. The zero-order chi connectivity index (χ0) is 9.84. The number of ether oxygens (including phenoxy) is 1. The standard InChI is InChI=1S/C10H11FO2/c1-7(11)8-3-4-10(13-2)9(5-8)6-12/h3-7H,1-2H3. The Balaban J connectivity index is 3.13. The minimum absolute atomic E-state index is 0.379. The summed E-state index contributed by atoms with van der Waals surface area (Å²) in [7, 11) is 1.47. The second kappa shape index (κ2) is 4.03. The zero-order valence-corrected chi connectivity index (χ0v) is 7.58. The first-order valence-corrected chi connectivity index (χ1v) is 3.96. The summed E-state index contributed by atoms with van der Waals surface area (Å²) >= 11 is 0. The molecule has 1 aromatic rings. The van der Waals surface area contributed by atoms with Crippen molar-refractivity contribution < 1.29 is 13.9 Å². The average Bonchev–Trinajstić information content (AvgIpc) is 2.16. The van der Waals surface area contributed by atoms with Gasteiger partial charge in [-0.05, 0) is 24.6 Å². The van der Waals surface area contributed by atoms with E-state index in [0.717, 1.165) is 0 Å². The molecule has 0 saturated carbocycles. The molecule has 0 aliphatic carbocycles. The average molecular weight is 182 g/mol. The number of alkyl halides is 1. The highest BCUT2D eigenvalue weighted by Gasteiger charge is 2.07. The Kier molecular flexibility index (Phi) is 3.01. The first-order valence-electron chi connectivity index (χ1n) is 3.96. The minimum Gasteiger partial charge on any atom is -0.496 e. The molecule has 0 amide bonds. The second-order valence-electron chi connectivity index (χ2n) is 2.74. The van der Waals surface area contributed by atoms with E-state index < -0.39 is 6.17 Å². The Morgan fingerprint density at radius 1 is 1.54 bits per heavy atom. The molecule has 1 rings (SSSR count). The second-order valence-corrected chi connectivity index (χ2v) is 2.74. The van der Waals surface area contributed by atoms with Crippen molar-refractivity contribution >= 4 is 6.29 Å². The first-order chi connectivity index (χ1) is 6.19. The Morgan fingerprint density at radius 3 is 2.69 bits per heavy atom. The summed E-state index contributed by atoms with van der Waals surface area (Å²) in [5, 5.41) is 0. The summed E-state index contributed by atoms with van der Waals surface area (Å²) in [4.78, 5) is 10.6. The Hall–Kier alpha value is -1.38. The van der Waals surface area contributed by atoms with Gasteiger partial charge >= 0.3 is 0 Å². The summed E-state index contributed by atoms with van der Waals surface area (Å²) in [6.45, 7) is 1.43. The van der Waals surface area contributed by atoms with Crippen LogP contribution >= 0.6 is 0 Å². The summed E-state index contributed by atoms with van der Waals surface area (Å²) in [5.41, 5.74) is 0.868. The van der Waals surface area contributed by atoms with Gasteiger partial charge in [0.1, 0.15) is 11.9 Å². The van der Waals surface area contributed by atoms with Crippen molar-refractivity contribution in [2.45, 2.75) is 13.1 Å². The number of hydrogen-bond donors (Lipinski definition) is 0. The molecule has 0 aromatic heterocycles. The predicted molar refractivity (Wildman–Crippen MR) is 47.9 cm³/mol. The molecule has 0 heterocycles. The van der Waals surface area contributed by atoms with Crippen molar-refractivity contribution in [3.8, 4) is 5.75 Å². The summed E-state index contributed by atoms with van der Waals surface area (Å²) in [5.74, 6) is 0.472. The molecule has 70 valence electrons. The van der Waals surface area contributed by atoms with E-state index in [1.165, 1.54) is 20.1 Å². The maximum absolute atomic E-state index is 12.8. The molecule has 0 aliphatic heterocycles. The van der Waals surface area contributed by atoms with E-state index in [-0.39, 0.29) is 0 Å².